The molecule has 2 aliphatic rings. The third kappa shape index (κ3) is 3.19. The average molecular weight is 280 g/mol. The monoisotopic (exact) mass is 280 g/mol. The molecule has 1 aromatic heterocycles. The van der Waals surface area contributed by atoms with Crippen molar-refractivity contribution in [3.05, 3.63) is 22.4 Å². The van der Waals surface area contributed by atoms with Crippen molar-refractivity contribution >= 4 is 11.3 Å². The second-order valence-corrected chi connectivity index (χ2v) is 6.61. The summed E-state index contributed by atoms with van der Waals surface area (Å²) in [7, 11) is 0. The highest BCUT2D eigenvalue weighted by Crippen LogP contribution is 2.29. The molecule has 0 bridgehead atoms. The lowest BCUT2D eigenvalue weighted by Gasteiger charge is -2.37. The minimum atomic E-state index is 0.473. The first kappa shape index (κ1) is 13.6. The van der Waals surface area contributed by atoms with E-state index in [4.69, 9.17) is 4.74 Å². The maximum atomic E-state index is 5.86. The molecule has 2 heterocycles. The standard InChI is InChI=1S/C15H24N2OS/c1-12(15-6-3-11-19-15)16-7-8-17-9-10-18-14-5-2-4-13(14)17/h3,6,11-14,16H,2,4-5,7-10H2,1H3. The van der Waals surface area contributed by atoms with Crippen molar-refractivity contribution in [3.63, 3.8) is 0 Å². The van der Waals surface area contributed by atoms with Crippen molar-refractivity contribution in [2.24, 2.45) is 0 Å². The van der Waals surface area contributed by atoms with E-state index in [1.165, 1.54) is 24.1 Å². The molecule has 2 fully saturated rings. The third-order valence-electron chi connectivity index (χ3n) is 4.42. The van der Waals surface area contributed by atoms with E-state index in [1.807, 2.05) is 11.3 Å². The highest BCUT2D eigenvalue weighted by molar-refractivity contribution is 7.10. The van der Waals surface area contributed by atoms with Crippen molar-refractivity contribution < 1.29 is 4.74 Å². The van der Waals surface area contributed by atoms with Crippen molar-refractivity contribution in [1.82, 2.24) is 10.2 Å². The van der Waals surface area contributed by atoms with E-state index >= 15 is 0 Å². The summed E-state index contributed by atoms with van der Waals surface area (Å²) < 4.78 is 5.86. The molecule has 1 aliphatic heterocycles. The molecule has 1 saturated heterocycles. The highest BCUT2D eigenvalue weighted by Gasteiger charge is 2.35. The molecule has 1 aromatic rings. The Labute approximate surface area is 119 Å². The van der Waals surface area contributed by atoms with Crippen LogP contribution in [-0.4, -0.2) is 43.3 Å². The van der Waals surface area contributed by atoms with Gasteiger partial charge in [-0.1, -0.05) is 6.07 Å². The number of rotatable bonds is 5. The Morgan fingerprint density at radius 3 is 3.32 bits per heavy atom. The van der Waals surface area contributed by atoms with E-state index in [0.717, 1.165) is 26.2 Å². The van der Waals surface area contributed by atoms with Gasteiger partial charge < -0.3 is 10.1 Å². The molecule has 0 radical (unpaired) electrons. The van der Waals surface area contributed by atoms with Crippen LogP contribution in [0.1, 0.15) is 37.1 Å². The molecular formula is C15H24N2OS. The lowest BCUT2D eigenvalue weighted by Crippen LogP contribution is -2.50. The van der Waals surface area contributed by atoms with Crippen molar-refractivity contribution in [2.45, 2.75) is 44.4 Å². The number of thiophene rings is 1. The normalized spacial score (nSPS) is 29.3. The Bertz CT molecular complexity index is 382. The highest BCUT2D eigenvalue weighted by atomic mass is 32.1. The van der Waals surface area contributed by atoms with Crippen LogP contribution in [0.4, 0.5) is 0 Å². The predicted molar refractivity (Wildman–Crippen MR) is 79.7 cm³/mol. The Kier molecular flexibility index (Phi) is 4.53. The van der Waals surface area contributed by atoms with Crippen LogP contribution in [0, 0.1) is 0 Å². The minimum absolute atomic E-state index is 0.473. The summed E-state index contributed by atoms with van der Waals surface area (Å²) in [5, 5.41) is 5.79. The molecule has 19 heavy (non-hydrogen) atoms. The summed E-state index contributed by atoms with van der Waals surface area (Å²) in [6.45, 7) is 6.50. The molecule has 3 nitrogen and oxygen atoms in total. The van der Waals surface area contributed by atoms with E-state index in [2.05, 4.69) is 34.7 Å². The summed E-state index contributed by atoms with van der Waals surface area (Å²) in [4.78, 5) is 4.07. The van der Waals surface area contributed by atoms with Crippen molar-refractivity contribution in [3.8, 4) is 0 Å². The molecule has 0 spiro atoms. The van der Waals surface area contributed by atoms with E-state index in [-0.39, 0.29) is 0 Å². The molecule has 3 unspecified atom stereocenters. The van der Waals surface area contributed by atoms with Gasteiger partial charge >= 0.3 is 0 Å². The quantitative estimate of drug-likeness (QED) is 0.897. The summed E-state index contributed by atoms with van der Waals surface area (Å²) >= 11 is 1.84. The second kappa shape index (κ2) is 6.35. The number of nitrogens with zero attached hydrogens (tertiary/aromatic N) is 1. The first-order chi connectivity index (χ1) is 9.34. The minimum Gasteiger partial charge on any atom is -0.375 e. The van der Waals surface area contributed by atoms with Gasteiger partial charge in [0.25, 0.3) is 0 Å². The molecule has 1 aliphatic carbocycles. The fraction of sp³-hybridized carbons (Fsp3) is 0.733. The van der Waals surface area contributed by atoms with Crippen LogP contribution in [0.25, 0.3) is 0 Å². The molecule has 0 amide bonds. The number of morpholine rings is 1. The fourth-order valence-corrected chi connectivity index (χ4v) is 4.11. The number of nitrogens with one attached hydrogen (secondary N) is 1. The molecular weight excluding hydrogens is 256 g/mol. The first-order valence-electron chi connectivity index (χ1n) is 7.47. The zero-order valence-corrected chi connectivity index (χ0v) is 12.5. The number of hydrogen-bond donors (Lipinski definition) is 1. The SMILES string of the molecule is CC(NCCN1CCOC2CCCC21)c1cccs1. The molecule has 106 valence electrons. The van der Waals surface area contributed by atoms with E-state index in [9.17, 15) is 0 Å². The number of fused-ring (bicyclic) bond motifs is 1. The van der Waals surface area contributed by atoms with Gasteiger partial charge in [-0.3, -0.25) is 4.90 Å². The fourth-order valence-electron chi connectivity index (χ4n) is 3.35. The number of hydrogen-bond acceptors (Lipinski definition) is 4. The lowest BCUT2D eigenvalue weighted by atomic mass is 10.1. The second-order valence-electron chi connectivity index (χ2n) is 5.63. The van der Waals surface area contributed by atoms with Crippen molar-refractivity contribution in [2.75, 3.05) is 26.2 Å². The van der Waals surface area contributed by atoms with Crippen LogP contribution in [0.15, 0.2) is 17.5 Å². The average Bonchev–Trinajstić information content (AvgIpc) is 3.10. The van der Waals surface area contributed by atoms with E-state index in [1.54, 1.807) is 0 Å². The first-order valence-corrected chi connectivity index (χ1v) is 8.35. The molecule has 3 atom stereocenters. The summed E-state index contributed by atoms with van der Waals surface area (Å²) in [6.07, 6.45) is 4.44. The largest absolute Gasteiger partial charge is 0.375 e. The van der Waals surface area contributed by atoms with E-state index in [0.29, 0.717) is 18.2 Å². The van der Waals surface area contributed by atoms with Crippen LogP contribution in [-0.2, 0) is 4.74 Å². The van der Waals surface area contributed by atoms with Gasteiger partial charge in [-0.25, -0.2) is 0 Å². The lowest BCUT2D eigenvalue weighted by molar-refractivity contribution is -0.0549. The zero-order chi connectivity index (χ0) is 13.1. The summed E-state index contributed by atoms with van der Waals surface area (Å²) in [5.41, 5.74) is 0. The predicted octanol–water partition coefficient (Wildman–Crippen LogP) is 2.65. The molecule has 3 rings (SSSR count). The van der Waals surface area contributed by atoms with Crippen LogP contribution >= 0.6 is 11.3 Å². The maximum absolute atomic E-state index is 5.86. The van der Waals surface area contributed by atoms with Gasteiger partial charge in [0, 0.05) is 36.6 Å². The Balaban J connectivity index is 1.44. The van der Waals surface area contributed by atoms with Crippen molar-refractivity contribution in [1.29, 1.82) is 0 Å². The van der Waals surface area contributed by atoms with Crippen LogP contribution in [0.2, 0.25) is 0 Å². The van der Waals surface area contributed by atoms with E-state index < -0.39 is 0 Å². The third-order valence-corrected chi connectivity index (χ3v) is 5.47. The van der Waals surface area contributed by atoms with Gasteiger partial charge in [0.1, 0.15) is 0 Å². The molecule has 1 N–H and O–H groups in total. The summed E-state index contributed by atoms with van der Waals surface area (Å²) in [5.74, 6) is 0. The van der Waals surface area contributed by atoms with Gasteiger partial charge in [-0.05, 0) is 37.6 Å². The van der Waals surface area contributed by atoms with Gasteiger partial charge in [0.05, 0.1) is 12.7 Å². The topological polar surface area (TPSA) is 24.5 Å². The van der Waals surface area contributed by atoms with Crippen LogP contribution < -0.4 is 5.32 Å². The van der Waals surface area contributed by atoms with Gasteiger partial charge in [-0.2, -0.15) is 0 Å². The van der Waals surface area contributed by atoms with Crippen LogP contribution in [0.3, 0.4) is 0 Å². The Morgan fingerprint density at radius 1 is 1.53 bits per heavy atom. The zero-order valence-electron chi connectivity index (χ0n) is 11.7. The molecule has 4 heteroatoms. The van der Waals surface area contributed by atoms with Gasteiger partial charge in [-0.15, -0.1) is 11.3 Å². The summed E-state index contributed by atoms with van der Waals surface area (Å²) in [6, 6.07) is 5.50. The van der Waals surface area contributed by atoms with Crippen LogP contribution in [0.5, 0.6) is 0 Å². The molecule has 0 aromatic carbocycles. The Morgan fingerprint density at radius 2 is 2.47 bits per heavy atom. The molecule has 1 saturated carbocycles. The number of ether oxygens (including phenoxy) is 1. The van der Waals surface area contributed by atoms with Gasteiger partial charge in [0.2, 0.25) is 0 Å². The smallest absolute Gasteiger partial charge is 0.0730 e. The van der Waals surface area contributed by atoms with Gasteiger partial charge in [0.15, 0.2) is 0 Å². The maximum Gasteiger partial charge on any atom is 0.0730 e. The Hall–Kier alpha value is -0.420.